The van der Waals surface area contributed by atoms with E-state index in [-0.39, 0.29) is 27.3 Å². The third-order valence-electron chi connectivity index (χ3n) is 3.00. The van der Waals surface area contributed by atoms with Gasteiger partial charge in [-0.05, 0) is 18.6 Å². The monoisotopic (exact) mass is 353 g/mol. The fourth-order valence-electron chi connectivity index (χ4n) is 2.04. The Labute approximate surface area is 131 Å². The number of hydrogen-bond acceptors (Lipinski definition) is 5. The first-order valence-electron chi connectivity index (χ1n) is 6.03. The van der Waals surface area contributed by atoms with E-state index in [0.29, 0.717) is 19.6 Å². The van der Waals surface area contributed by atoms with Crippen molar-refractivity contribution in [3.8, 4) is 5.75 Å². The quantitative estimate of drug-likeness (QED) is 0.834. The van der Waals surface area contributed by atoms with Crippen molar-refractivity contribution < 1.29 is 22.7 Å². The molecule has 0 aromatic heterocycles. The number of nitrogens with one attached hydrogen (secondary N) is 1. The zero-order chi connectivity index (χ0) is 15.6. The van der Waals surface area contributed by atoms with Gasteiger partial charge in [-0.2, -0.15) is 0 Å². The summed E-state index contributed by atoms with van der Waals surface area (Å²) in [4.78, 5) is 11.9. The molecule has 1 unspecified atom stereocenters. The molecule has 21 heavy (non-hydrogen) atoms. The van der Waals surface area contributed by atoms with E-state index >= 15 is 0 Å². The van der Waals surface area contributed by atoms with Crippen LogP contribution in [0.1, 0.15) is 16.8 Å². The van der Waals surface area contributed by atoms with Gasteiger partial charge in [-0.25, -0.2) is 8.42 Å². The Bertz CT molecular complexity index is 656. The summed E-state index contributed by atoms with van der Waals surface area (Å²) in [6, 6.07) is 2.34. The number of hydrogen-bond donors (Lipinski definition) is 1. The van der Waals surface area contributed by atoms with Crippen LogP contribution in [-0.4, -0.2) is 40.7 Å². The maximum Gasteiger partial charge on any atom is 0.265 e. The molecule has 0 radical (unpaired) electrons. The summed E-state index contributed by atoms with van der Waals surface area (Å²) in [6.07, 6.45) is 0.690. The second-order valence-corrected chi connectivity index (χ2v) is 7.43. The Morgan fingerprint density at radius 2 is 2.19 bits per heavy atom. The number of amides is 1. The van der Waals surface area contributed by atoms with E-state index in [4.69, 9.17) is 31.8 Å². The van der Waals surface area contributed by atoms with E-state index < -0.39 is 15.0 Å². The second kappa shape index (κ2) is 6.39. The normalized spacial score (nSPS) is 18.5. The molecule has 1 aliphatic heterocycles. The zero-order valence-corrected chi connectivity index (χ0v) is 13.4. The summed E-state index contributed by atoms with van der Waals surface area (Å²) < 4.78 is 33.3. The fourth-order valence-corrected chi connectivity index (χ4v) is 3.35. The van der Waals surface area contributed by atoms with Crippen LogP contribution >= 0.6 is 22.3 Å². The molecule has 1 heterocycles. The Morgan fingerprint density at radius 3 is 2.71 bits per heavy atom. The van der Waals surface area contributed by atoms with Gasteiger partial charge in [-0.1, -0.05) is 11.6 Å². The van der Waals surface area contributed by atoms with E-state index in [2.05, 4.69) is 5.32 Å². The van der Waals surface area contributed by atoms with Crippen LogP contribution in [0.15, 0.2) is 17.0 Å². The second-order valence-electron chi connectivity index (χ2n) is 4.46. The maximum atomic E-state index is 12.3. The molecule has 0 spiro atoms. The SMILES string of the molecule is COc1c(C(=O)NC2CCOC2)cc(Cl)cc1S(=O)(=O)Cl. The molecule has 1 aliphatic rings. The minimum Gasteiger partial charge on any atom is -0.494 e. The van der Waals surface area contributed by atoms with Gasteiger partial charge in [0.1, 0.15) is 4.90 Å². The lowest BCUT2D eigenvalue weighted by Gasteiger charge is -2.15. The largest absolute Gasteiger partial charge is 0.494 e. The topological polar surface area (TPSA) is 81.7 Å². The number of methoxy groups -OCH3 is 1. The van der Waals surface area contributed by atoms with Crippen LogP contribution < -0.4 is 10.1 Å². The number of carbonyl (C=O) groups is 1. The summed E-state index contributed by atoms with van der Waals surface area (Å²) in [5.74, 6) is -0.628. The third kappa shape index (κ3) is 3.79. The van der Waals surface area contributed by atoms with Gasteiger partial charge in [0.05, 0.1) is 25.3 Å². The van der Waals surface area contributed by atoms with Crippen LogP contribution in [0.2, 0.25) is 5.02 Å². The summed E-state index contributed by atoms with van der Waals surface area (Å²) in [5, 5.41) is 2.81. The number of rotatable bonds is 4. The van der Waals surface area contributed by atoms with Crippen LogP contribution in [0, 0.1) is 0 Å². The van der Waals surface area contributed by atoms with Crippen LogP contribution in [0.4, 0.5) is 0 Å². The van der Waals surface area contributed by atoms with E-state index in [1.165, 1.54) is 13.2 Å². The van der Waals surface area contributed by atoms with Gasteiger partial charge in [0.25, 0.3) is 15.0 Å². The predicted octanol–water partition coefficient (Wildman–Crippen LogP) is 1.79. The molecule has 0 bridgehead atoms. The van der Waals surface area contributed by atoms with Crippen molar-refractivity contribution in [2.45, 2.75) is 17.4 Å². The van der Waals surface area contributed by atoms with Gasteiger partial charge >= 0.3 is 0 Å². The lowest BCUT2D eigenvalue weighted by Crippen LogP contribution is -2.35. The molecule has 9 heteroatoms. The van der Waals surface area contributed by atoms with E-state index in [1.807, 2.05) is 0 Å². The Kier molecular flexibility index (Phi) is 4.98. The highest BCUT2D eigenvalue weighted by Crippen LogP contribution is 2.33. The smallest absolute Gasteiger partial charge is 0.265 e. The lowest BCUT2D eigenvalue weighted by atomic mass is 10.1. The van der Waals surface area contributed by atoms with Crippen molar-refractivity contribution in [2.24, 2.45) is 0 Å². The molecular formula is C12H13Cl2NO5S. The minimum atomic E-state index is -4.09. The highest BCUT2D eigenvalue weighted by atomic mass is 35.7. The van der Waals surface area contributed by atoms with E-state index in [0.717, 1.165) is 6.07 Å². The lowest BCUT2D eigenvalue weighted by molar-refractivity contribution is 0.0926. The molecule has 0 saturated carbocycles. The summed E-state index contributed by atoms with van der Waals surface area (Å²) in [7, 11) is 2.50. The molecule has 1 atom stereocenters. The first-order chi connectivity index (χ1) is 9.82. The van der Waals surface area contributed by atoms with Crippen LogP contribution in [0.25, 0.3) is 0 Å². The number of benzene rings is 1. The average molecular weight is 354 g/mol. The first kappa shape index (κ1) is 16.4. The molecule has 2 rings (SSSR count). The molecule has 1 aromatic carbocycles. The molecule has 116 valence electrons. The number of carbonyl (C=O) groups excluding carboxylic acids is 1. The Hall–Kier alpha value is -1.02. The third-order valence-corrected chi connectivity index (χ3v) is 4.54. The molecule has 1 N–H and O–H groups in total. The van der Waals surface area contributed by atoms with Crippen LogP contribution in [0.5, 0.6) is 5.75 Å². The summed E-state index contributed by atoms with van der Waals surface area (Å²) in [6.45, 7) is 0.980. The number of halogens is 2. The maximum absolute atomic E-state index is 12.3. The molecule has 1 saturated heterocycles. The fraction of sp³-hybridized carbons (Fsp3) is 0.417. The molecule has 1 aromatic rings. The van der Waals surface area contributed by atoms with Gasteiger partial charge in [-0.15, -0.1) is 0 Å². The van der Waals surface area contributed by atoms with Crippen LogP contribution in [-0.2, 0) is 13.8 Å². The zero-order valence-electron chi connectivity index (χ0n) is 11.1. The summed E-state index contributed by atoms with van der Waals surface area (Å²) in [5.41, 5.74) is 0.0103. The minimum absolute atomic E-state index is 0.0103. The Morgan fingerprint density at radius 1 is 1.48 bits per heavy atom. The average Bonchev–Trinajstić information content (AvgIpc) is 2.89. The molecule has 0 aliphatic carbocycles. The number of ether oxygens (including phenoxy) is 2. The van der Waals surface area contributed by atoms with Gasteiger partial charge in [-0.3, -0.25) is 4.79 Å². The van der Waals surface area contributed by atoms with Crippen LogP contribution in [0.3, 0.4) is 0 Å². The van der Waals surface area contributed by atoms with Crippen molar-refractivity contribution in [1.82, 2.24) is 5.32 Å². The molecule has 1 fully saturated rings. The van der Waals surface area contributed by atoms with E-state index in [9.17, 15) is 13.2 Å². The van der Waals surface area contributed by atoms with Crippen molar-refractivity contribution >= 4 is 37.2 Å². The standard InChI is InChI=1S/C12H13Cl2NO5S/c1-19-11-9(12(16)15-8-2-3-20-6-8)4-7(13)5-10(11)21(14,17)18/h4-5,8H,2-3,6H2,1H3,(H,15,16). The van der Waals surface area contributed by atoms with Gasteiger partial charge < -0.3 is 14.8 Å². The highest BCUT2D eigenvalue weighted by Gasteiger charge is 2.26. The van der Waals surface area contributed by atoms with Gasteiger partial charge in [0, 0.05) is 22.3 Å². The van der Waals surface area contributed by atoms with E-state index in [1.54, 1.807) is 0 Å². The molecule has 1 amide bonds. The highest BCUT2D eigenvalue weighted by molar-refractivity contribution is 8.13. The first-order valence-corrected chi connectivity index (χ1v) is 8.72. The molecule has 6 nitrogen and oxygen atoms in total. The van der Waals surface area contributed by atoms with Gasteiger partial charge in [0.15, 0.2) is 5.75 Å². The van der Waals surface area contributed by atoms with Crippen molar-refractivity contribution in [3.05, 3.63) is 22.7 Å². The molecular weight excluding hydrogens is 341 g/mol. The van der Waals surface area contributed by atoms with Gasteiger partial charge in [0.2, 0.25) is 0 Å². The predicted molar refractivity (Wildman–Crippen MR) is 77.7 cm³/mol. The van der Waals surface area contributed by atoms with Crippen molar-refractivity contribution in [1.29, 1.82) is 0 Å². The Balaban J connectivity index is 2.42. The van der Waals surface area contributed by atoms with Crippen molar-refractivity contribution in [3.63, 3.8) is 0 Å². The summed E-state index contributed by atoms with van der Waals surface area (Å²) >= 11 is 5.86. The van der Waals surface area contributed by atoms with Crippen molar-refractivity contribution in [2.75, 3.05) is 20.3 Å².